The van der Waals surface area contributed by atoms with Gasteiger partial charge in [-0.25, -0.2) is 8.78 Å². The van der Waals surface area contributed by atoms with Crippen molar-refractivity contribution in [1.82, 2.24) is 0 Å². The molecular weight excluding hydrogens is 322 g/mol. The SMILES string of the molecule is CC1CCC(C(C)(C)Cc2ccc(F)cc2F)C(Br)C1. The molecular formula is C17H23BrF2. The van der Waals surface area contributed by atoms with Crippen molar-refractivity contribution in [2.75, 3.05) is 0 Å². The van der Waals surface area contributed by atoms with Crippen LogP contribution >= 0.6 is 15.9 Å². The van der Waals surface area contributed by atoms with Crippen molar-refractivity contribution in [3.05, 3.63) is 35.4 Å². The summed E-state index contributed by atoms with van der Waals surface area (Å²) < 4.78 is 26.8. The van der Waals surface area contributed by atoms with E-state index in [4.69, 9.17) is 0 Å². The number of hydrogen-bond acceptors (Lipinski definition) is 0. The van der Waals surface area contributed by atoms with Gasteiger partial charge in [-0.2, -0.15) is 0 Å². The first-order valence-electron chi connectivity index (χ1n) is 7.37. The van der Waals surface area contributed by atoms with Gasteiger partial charge in [0.1, 0.15) is 11.6 Å². The fourth-order valence-corrected chi connectivity index (χ4v) is 5.10. The summed E-state index contributed by atoms with van der Waals surface area (Å²) in [6, 6.07) is 3.92. The van der Waals surface area contributed by atoms with Gasteiger partial charge in [0.2, 0.25) is 0 Å². The van der Waals surface area contributed by atoms with Crippen LogP contribution in [-0.2, 0) is 6.42 Å². The second-order valence-electron chi connectivity index (χ2n) is 6.94. The fraction of sp³-hybridized carbons (Fsp3) is 0.647. The van der Waals surface area contributed by atoms with Gasteiger partial charge < -0.3 is 0 Å². The molecule has 0 radical (unpaired) electrons. The largest absolute Gasteiger partial charge is 0.207 e. The smallest absolute Gasteiger partial charge is 0.129 e. The van der Waals surface area contributed by atoms with E-state index >= 15 is 0 Å². The number of alkyl halides is 1. The Morgan fingerprint density at radius 1 is 1.25 bits per heavy atom. The lowest BCUT2D eigenvalue weighted by atomic mass is 9.66. The average molecular weight is 345 g/mol. The highest BCUT2D eigenvalue weighted by molar-refractivity contribution is 9.09. The van der Waals surface area contributed by atoms with Gasteiger partial charge in [0, 0.05) is 10.9 Å². The average Bonchev–Trinajstić information content (AvgIpc) is 2.32. The number of rotatable bonds is 3. The Morgan fingerprint density at radius 2 is 1.95 bits per heavy atom. The summed E-state index contributed by atoms with van der Waals surface area (Å²) in [5.41, 5.74) is 0.627. The van der Waals surface area contributed by atoms with E-state index in [1.807, 2.05) is 0 Å². The summed E-state index contributed by atoms with van der Waals surface area (Å²) in [6.45, 7) is 6.69. The quantitative estimate of drug-likeness (QED) is 0.614. The normalized spacial score (nSPS) is 27.6. The van der Waals surface area contributed by atoms with Crippen LogP contribution in [-0.4, -0.2) is 4.83 Å². The molecule has 0 N–H and O–H groups in total. The van der Waals surface area contributed by atoms with Crippen molar-refractivity contribution in [3.8, 4) is 0 Å². The first kappa shape index (κ1) is 15.9. The predicted molar refractivity (Wildman–Crippen MR) is 83.1 cm³/mol. The molecule has 0 saturated heterocycles. The van der Waals surface area contributed by atoms with E-state index in [2.05, 4.69) is 36.7 Å². The zero-order valence-corrected chi connectivity index (χ0v) is 14.0. The van der Waals surface area contributed by atoms with Crippen LogP contribution in [0.3, 0.4) is 0 Å². The van der Waals surface area contributed by atoms with Crippen LogP contribution in [0.4, 0.5) is 8.78 Å². The predicted octanol–water partition coefficient (Wildman–Crippen LogP) is 5.73. The lowest BCUT2D eigenvalue weighted by Gasteiger charge is -2.42. The summed E-state index contributed by atoms with van der Waals surface area (Å²) >= 11 is 3.82. The van der Waals surface area contributed by atoms with E-state index < -0.39 is 11.6 Å². The van der Waals surface area contributed by atoms with Gasteiger partial charge in [-0.05, 0) is 48.1 Å². The molecule has 0 nitrogen and oxygen atoms in total. The molecule has 1 aromatic carbocycles. The zero-order valence-electron chi connectivity index (χ0n) is 12.4. The highest BCUT2D eigenvalue weighted by Crippen LogP contribution is 2.45. The molecule has 1 saturated carbocycles. The molecule has 0 amide bonds. The van der Waals surface area contributed by atoms with Crippen molar-refractivity contribution in [3.63, 3.8) is 0 Å². The Morgan fingerprint density at radius 3 is 2.55 bits per heavy atom. The Balaban J connectivity index is 2.14. The minimum absolute atomic E-state index is 0.00692. The Hall–Kier alpha value is -0.440. The maximum absolute atomic E-state index is 13.9. The molecule has 2 rings (SSSR count). The van der Waals surface area contributed by atoms with Crippen LogP contribution in [0.25, 0.3) is 0 Å². The zero-order chi connectivity index (χ0) is 14.9. The molecule has 1 aliphatic rings. The summed E-state index contributed by atoms with van der Waals surface area (Å²) in [4.78, 5) is 0.491. The molecule has 1 fully saturated rings. The van der Waals surface area contributed by atoms with E-state index in [9.17, 15) is 8.78 Å². The molecule has 20 heavy (non-hydrogen) atoms. The van der Waals surface area contributed by atoms with Crippen LogP contribution in [0.1, 0.15) is 45.6 Å². The molecule has 3 heteroatoms. The molecule has 0 bridgehead atoms. The molecule has 0 aliphatic heterocycles. The van der Waals surface area contributed by atoms with Gasteiger partial charge in [0.25, 0.3) is 0 Å². The topological polar surface area (TPSA) is 0 Å². The van der Waals surface area contributed by atoms with Crippen LogP contribution in [0.15, 0.2) is 18.2 Å². The maximum atomic E-state index is 13.9. The van der Waals surface area contributed by atoms with Gasteiger partial charge in [0.15, 0.2) is 0 Å². The van der Waals surface area contributed by atoms with Crippen LogP contribution < -0.4 is 0 Å². The summed E-state index contributed by atoms with van der Waals surface area (Å²) in [6.07, 6.45) is 4.25. The van der Waals surface area contributed by atoms with E-state index in [0.29, 0.717) is 22.7 Å². The lowest BCUT2D eigenvalue weighted by Crippen LogP contribution is -2.37. The Labute approximate surface area is 129 Å². The summed E-state index contributed by atoms with van der Waals surface area (Å²) in [5.74, 6) is 0.361. The van der Waals surface area contributed by atoms with Gasteiger partial charge in [-0.15, -0.1) is 0 Å². The molecule has 1 aromatic rings. The highest BCUT2D eigenvalue weighted by Gasteiger charge is 2.38. The third kappa shape index (κ3) is 3.60. The maximum Gasteiger partial charge on any atom is 0.129 e. The second-order valence-corrected chi connectivity index (χ2v) is 8.12. The third-order valence-electron chi connectivity index (χ3n) is 4.70. The monoisotopic (exact) mass is 344 g/mol. The van der Waals surface area contributed by atoms with Crippen LogP contribution in [0.2, 0.25) is 0 Å². The Kier molecular flexibility index (Phi) is 4.88. The Bertz CT molecular complexity index is 470. The van der Waals surface area contributed by atoms with Crippen LogP contribution in [0, 0.1) is 28.9 Å². The van der Waals surface area contributed by atoms with E-state index in [1.165, 1.54) is 25.3 Å². The van der Waals surface area contributed by atoms with Crippen molar-refractivity contribution in [1.29, 1.82) is 0 Å². The second kappa shape index (κ2) is 6.13. The summed E-state index contributed by atoms with van der Waals surface area (Å²) in [7, 11) is 0. The van der Waals surface area contributed by atoms with Gasteiger partial charge in [-0.1, -0.05) is 49.2 Å². The summed E-state index contributed by atoms with van der Waals surface area (Å²) in [5, 5.41) is 0. The third-order valence-corrected chi connectivity index (χ3v) is 5.71. The van der Waals surface area contributed by atoms with Crippen molar-refractivity contribution >= 4 is 15.9 Å². The first-order chi connectivity index (χ1) is 9.29. The molecule has 1 aliphatic carbocycles. The standard InChI is InChI=1S/C17H23BrF2/c1-11-4-7-14(15(18)8-11)17(2,3)10-12-5-6-13(19)9-16(12)20/h5-6,9,11,14-15H,4,7-8,10H2,1-3H3. The van der Waals surface area contributed by atoms with Crippen molar-refractivity contribution < 1.29 is 8.78 Å². The minimum Gasteiger partial charge on any atom is -0.207 e. The first-order valence-corrected chi connectivity index (χ1v) is 8.29. The number of hydrogen-bond donors (Lipinski definition) is 0. The lowest BCUT2D eigenvalue weighted by molar-refractivity contribution is 0.145. The number of halogens is 3. The van der Waals surface area contributed by atoms with Gasteiger partial charge in [0.05, 0.1) is 0 Å². The molecule has 3 unspecified atom stereocenters. The fourth-order valence-electron chi connectivity index (χ4n) is 3.48. The molecule has 0 heterocycles. The minimum atomic E-state index is -0.506. The van der Waals surface area contributed by atoms with E-state index in [-0.39, 0.29) is 5.41 Å². The van der Waals surface area contributed by atoms with Gasteiger partial charge in [-0.3, -0.25) is 0 Å². The van der Waals surface area contributed by atoms with Crippen molar-refractivity contribution in [2.45, 2.75) is 51.3 Å². The van der Waals surface area contributed by atoms with Crippen molar-refractivity contribution in [2.24, 2.45) is 17.3 Å². The molecule has 112 valence electrons. The van der Waals surface area contributed by atoms with E-state index in [1.54, 1.807) is 6.07 Å². The highest BCUT2D eigenvalue weighted by atomic mass is 79.9. The molecule has 0 aromatic heterocycles. The number of benzene rings is 1. The van der Waals surface area contributed by atoms with Crippen LogP contribution in [0.5, 0.6) is 0 Å². The molecule has 0 spiro atoms. The molecule has 3 atom stereocenters. The van der Waals surface area contributed by atoms with Gasteiger partial charge >= 0.3 is 0 Å². The van der Waals surface area contributed by atoms with E-state index in [0.717, 1.165) is 12.0 Å².